The summed E-state index contributed by atoms with van der Waals surface area (Å²) in [5.74, 6) is 0.876. The highest BCUT2D eigenvalue weighted by Gasteiger charge is 2.22. The van der Waals surface area contributed by atoms with E-state index in [1.54, 1.807) is 0 Å². The van der Waals surface area contributed by atoms with Crippen LogP contribution in [0.3, 0.4) is 0 Å². The minimum atomic E-state index is -3.41. The second-order valence-corrected chi connectivity index (χ2v) is 5.97. The summed E-state index contributed by atoms with van der Waals surface area (Å²) >= 11 is 0. The van der Waals surface area contributed by atoms with Gasteiger partial charge in [0.1, 0.15) is 13.2 Å². The molecule has 94 valence electrons. The van der Waals surface area contributed by atoms with E-state index in [0.717, 1.165) is 6.26 Å². The van der Waals surface area contributed by atoms with E-state index >= 15 is 0 Å². The molecule has 1 aliphatic rings. The molecule has 0 aromatic heterocycles. The van der Waals surface area contributed by atoms with Crippen LogP contribution in [-0.4, -0.2) is 33.0 Å². The van der Waals surface area contributed by atoms with Crippen molar-refractivity contribution in [3.63, 3.8) is 0 Å². The molecule has 0 bridgehead atoms. The van der Waals surface area contributed by atoms with E-state index in [4.69, 9.17) is 9.47 Å². The Labute approximate surface area is 99.9 Å². The summed E-state index contributed by atoms with van der Waals surface area (Å²) in [6, 6.07) is 2.93. The number of aliphatic hydroxyl groups excluding tert-OH is 1. The SMILES string of the molecule is CC(O)c1cc2c(cc1S(C)(=O)=O)OCCO2. The third-order valence-electron chi connectivity index (χ3n) is 2.52. The molecule has 6 heteroatoms. The van der Waals surface area contributed by atoms with Gasteiger partial charge < -0.3 is 14.6 Å². The standard InChI is InChI=1S/C11H14O5S/c1-7(12)8-5-9-10(16-4-3-15-9)6-11(8)17(2,13)14/h5-7,12H,3-4H2,1-2H3. The molecule has 2 rings (SSSR count). The van der Waals surface area contributed by atoms with Crippen LogP contribution in [-0.2, 0) is 9.84 Å². The van der Waals surface area contributed by atoms with Crippen molar-refractivity contribution in [1.29, 1.82) is 0 Å². The highest BCUT2D eigenvalue weighted by molar-refractivity contribution is 7.90. The van der Waals surface area contributed by atoms with Crippen LogP contribution in [0, 0.1) is 0 Å². The molecule has 1 aliphatic heterocycles. The minimum absolute atomic E-state index is 0.0803. The molecule has 1 unspecified atom stereocenters. The summed E-state index contributed by atoms with van der Waals surface area (Å²) in [6.45, 7) is 2.33. The Bertz CT molecular complexity index is 533. The second kappa shape index (κ2) is 4.19. The van der Waals surface area contributed by atoms with Crippen LogP contribution in [0.15, 0.2) is 17.0 Å². The largest absolute Gasteiger partial charge is 0.486 e. The van der Waals surface area contributed by atoms with Gasteiger partial charge in [0.2, 0.25) is 0 Å². The first kappa shape index (κ1) is 12.2. The number of hydrogen-bond acceptors (Lipinski definition) is 5. The molecule has 0 spiro atoms. The van der Waals surface area contributed by atoms with Gasteiger partial charge in [-0.3, -0.25) is 0 Å². The lowest BCUT2D eigenvalue weighted by molar-refractivity contribution is 0.166. The number of rotatable bonds is 2. The van der Waals surface area contributed by atoms with Crippen molar-refractivity contribution in [1.82, 2.24) is 0 Å². The first-order chi connectivity index (χ1) is 7.89. The van der Waals surface area contributed by atoms with Crippen LogP contribution in [0.4, 0.5) is 0 Å². The zero-order valence-corrected chi connectivity index (χ0v) is 10.5. The van der Waals surface area contributed by atoms with Gasteiger partial charge in [-0.2, -0.15) is 0 Å². The quantitative estimate of drug-likeness (QED) is 0.853. The summed E-state index contributed by atoms with van der Waals surface area (Å²) in [5.41, 5.74) is 0.330. The summed E-state index contributed by atoms with van der Waals surface area (Å²) in [7, 11) is -3.41. The third kappa shape index (κ3) is 2.37. The van der Waals surface area contributed by atoms with Gasteiger partial charge >= 0.3 is 0 Å². The van der Waals surface area contributed by atoms with Crippen LogP contribution >= 0.6 is 0 Å². The first-order valence-corrected chi connectivity index (χ1v) is 7.10. The van der Waals surface area contributed by atoms with E-state index in [0.29, 0.717) is 30.3 Å². The molecule has 0 radical (unpaired) electrons. The van der Waals surface area contributed by atoms with E-state index in [1.807, 2.05) is 0 Å². The lowest BCUT2D eigenvalue weighted by Gasteiger charge is -2.21. The third-order valence-corrected chi connectivity index (χ3v) is 3.68. The van der Waals surface area contributed by atoms with E-state index < -0.39 is 15.9 Å². The number of ether oxygens (including phenoxy) is 2. The lowest BCUT2D eigenvalue weighted by Crippen LogP contribution is -2.17. The summed E-state index contributed by atoms with van der Waals surface area (Å²) in [5, 5.41) is 9.61. The number of sulfone groups is 1. The van der Waals surface area contributed by atoms with Gasteiger partial charge in [0.15, 0.2) is 21.3 Å². The predicted molar refractivity (Wildman–Crippen MR) is 61.2 cm³/mol. The van der Waals surface area contributed by atoms with Crippen molar-refractivity contribution in [2.75, 3.05) is 19.5 Å². The highest BCUT2D eigenvalue weighted by atomic mass is 32.2. The summed E-state index contributed by atoms with van der Waals surface area (Å²) in [4.78, 5) is 0.0803. The smallest absolute Gasteiger partial charge is 0.176 e. The zero-order chi connectivity index (χ0) is 12.6. The first-order valence-electron chi connectivity index (χ1n) is 5.21. The Morgan fingerprint density at radius 2 is 1.76 bits per heavy atom. The van der Waals surface area contributed by atoms with E-state index in [2.05, 4.69) is 0 Å². The lowest BCUT2D eigenvalue weighted by atomic mass is 10.1. The molecule has 0 aliphatic carbocycles. The molecular formula is C11H14O5S. The van der Waals surface area contributed by atoms with Crippen molar-refractivity contribution in [3.8, 4) is 11.5 Å². The average Bonchev–Trinajstić information content (AvgIpc) is 2.26. The Kier molecular flexibility index (Phi) is 3.01. The molecule has 1 atom stereocenters. The van der Waals surface area contributed by atoms with Crippen molar-refractivity contribution in [2.24, 2.45) is 0 Å². The van der Waals surface area contributed by atoms with Crippen LogP contribution < -0.4 is 9.47 Å². The van der Waals surface area contributed by atoms with Gasteiger partial charge in [-0.05, 0) is 13.0 Å². The molecule has 0 fully saturated rings. The fourth-order valence-corrected chi connectivity index (χ4v) is 2.71. The number of fused-ring (bicyclic) bond motifs is 1. The monoisotopic (exact) mass is 258 g/mol. The molecule has 0 saturated carbocycles. The van der Waals surface area contributed by atoms with Crippen molar-refractivity contribution >= 4 is 9.84 Å². The van der Waals surface area contributed by atoms with Gasteiger partial charge in [0, 0.05) is 17.9 Å². The molecule has 0 amide bonds. The number of hydrogen-bond donors (Lipinski definition) is 1. The minimum Gasteiger partial charge on any atom is -0.486 e. The molecule has 1 aromatic carbocycles. The fraction of sp³-hybridized carbons (Fsp3) is 0.455. The molecular weight excluding hydrogens is 244 g/mol. The maximum Gasteiger partial charge on any atom is 0.176 e. The number of benzene rings is 1. The van der Waals surface area contributed by atoms with Crippen LogP contribution in [0.25, 0.3) is 0 Å². The Balaban J connectivity index is 2.65. The molecule has 1 heterocycles. The average molecular weight is 258 g/mol. The second-order valence-electron chi connectivity index (χ2n) is 3.98. The summed E-state index contributed by atoms with van der Waals surface area (Å²) in [6.07, 6.45) is 0.222. The van der Waals surface area contributed by atoms with Crippen LogP contribution in [0.1, 0.15) is 18.6 Å². The topological polar surface area (TPSA) is 72.8 Å². The Morgan fingerprint density at radius 3 is 2.24 bits per heavy atom. The fourth-order valence-electron chi connectivity index (χ4n) is 1.73. The van der Waals surface area contributed by atoms with Gasteiger partial charge in [-0.1, -0.05) is 0 Å². The molecule has 1 N–H and O–H groups in total. The highest BCUT2D eigenvalue weighted by Crippen LogP contribution is 2.37. The molecule has 5 nitrogen and oxygen atoms in total. The van der Waals surface area contributed by atoms with Gasteiger partial charge in [-0.15, -0.1) is 0 Å². The molecule has 1 aromatic rings. The van der Waals surface area contributed by atoms with Crippen molar-refractivity contribution < 1.29 is 23.0 Å². The predicted octanol–water partition coefficient (Wildman–Crippen LogP) is 0.915. The van der Waals surface area contributed by atoms with Gasteiger partial charge in [0.25, 0.3) is 0 Å². The molecule has 17 heavy (non-hydrogen) atoms. The van der Waals surface area contributed by atoms with Crippen molar-refractivity contribution in [2.45, 2.75) is 17.9 Å². The number of aliphatic hydroxyl groups is 1. The van der Waals surface area contributed by atoms with Gasteiger partial charge in [-0.25, -0.2) is 8.42 Å². The van der Waals surface area contributed by atoms with E-state index in [-0.39, 0.29) is 4.90 Å². The van der Waals surface area contributed by atoms with E-state index in [9.17, 15) is 13.5 Å². The van der Waals surface area contributed by atoms with Gasteiger partial charge in [0.05, 0.1) is 11.0 Å². The zero-order valence-electron chi connectivity index (χ0n) is 9.63. The normalized spacial score (nSPS) is 16.6. The maximum absolute atomic E-state index is 11.6. The van der Waals surface area contributed by atoms with Crippen LogP contribution in [0.2, 0.25) is 0 Å². The van der Waals surface area contributed by atoms with Crippen LogP contribution in [0.5, 0.6) is 11.5 Å². The Morgan fingerprint density at radius 1 is 1.24 bits per heavy atom. The van der Waals surface area contributed by atoms with E-state index in [1.165, 1.54) is 19.1 Å². The summed E-state index contributed by atoms with van der Waals surface area (Å²) < 4.78 is 33.9. The van der Waals surface area contributed by atoms with Crippen molar-refractivity contribution in [3.05, 3.63) is 17.7 Å². The maximum atomic E-state index is 11.6. The molecule has 0 saturated heterocycles. The Hall–Kier alpha value is -1.27.